The maximum absolute atomic E-state index is 12.9. The third kappa shape index (κ3) is 27.1. The summed E-state index contributed by atoms with van der Waals surface area (Å²) in [5.74, 6) is -1.35. The molecule has 0 aliphatic rings. The van der Waals surface area contributed by atoms with Crippen LogP contribution < -0.4 is 0 Å². The third-order valence-electron chi connectivity index (χ3n) is 7.72. The molecule has 0 amide bonds. The minimum Gasteiger partial charge on any atom is -0.462 e. The molecule has 0 aromatic heterocycles. The number of ether oxygens (including phenoxy) is 1. The molecule has 5 nitrogen and oxygen atoms in total. The van der Waals surface area contributed by atoms with Crippen molar-refractivity contribution in [3.8, 4) is 0 Å². The highest BCUT2D eigenvalue weighted by Gasteiger charge is 2.27. The van der Waals surface area contributed by atoms with E-state index in [9.17, 15) is 14.7 Å². The van der Waals surface area contributed by atoms with Crippen LogP contribution >= 0.6 is 0 Å². The van der Waals surface area contributed by atoms with Crippen molar-refractivity contribution in [2.75, 3.05) is 13.2 Å². The second-order valence-electron chi connectivity index (χ2n) is 11.8. The van der Waals surface area contributed by atoms with Gasteiger partial charge in [0.2, 0.25) is 0 Å². The lowest BCUT2D eigenvalue weighted by molar-refractivity contribution is -0.155. The molecule has 0 rings (SSSR count). The maximum atomic E-state index is 12.9. The minimum absolute atomic E-state index is 0.0391. The van der Waals surface area contributed by atoms with Gasteiger partial charge in [0.1, 0.15) is 24.4 Å². The Morgan fingerprint density at radius 2 is 1.14 bits per heavy atom. The molecule has 0 aliphatic heterocycles. The number of carbonyl (C=O) groups excluding carboxylic acids is 2. The summed E-state index contributed by atoms with van der Waals surface area (Å²) in [7, 11) is 0. The van der Waals surface area contributed by atoms with Crippen LogP contribution in [0.2, 0.25) is 0 Å². The highest BCUT2D eigenvalue weighted by atomic mass is 16.5. The van der Waals surface area contributed by atoms with Gasteiger partial charge in [0, 0.05) is 6.42 Å². The van der Waals surface area contributed by atoms with Crippen LogP contribution in [-0.2, 0) is 14.3 Å². The monoisotopic (exact) mass is 590 g/mol. The predicted octanol–water partition coefficient (Wildman–Crippen LogP) is 9.75. The molecule has 42 heavy (non-hydrogen) atoms. The number of carbonyl (C=O) groups is 2. The molecule has 0 saturated heterocycles. The highest BCUT2D eigenvalue weighted by Crippen LogP contribution is 2.19. The van der Waals surface area contributed by atoms with Gasteiger partial charge in [-0.1, -0.05) is 147 Å². The second kappa shape index (κ2) is 32.2. The van der Waals surface area contributed by atoms with Gasteiger partial charge in [-0.3, -0.25) is 9.59 Å². The van der Waals surface area contributed by atoms with Crippen molar-refractivity contribution in [2.24, 2.45) is 5.92 Å². The number of esters is 1. The Kier molecular flexibility index (Phi) is 30.9. The quantitative estimate of drug-likeness (QED) is 0.0363. The summed E-state index contributed by atoms with van der Waals surface area (Å²) in [6.07, 6.45) is 37.4. The van der Waals surface area contributed by atoms with Gasteiger partial charge in [-0.25, -0.2) is 0 Å². The summed E-state index contributed by atoms with van der Waals surface area (Å²) in [4.78, 5) is 25.6. The van der Waals surface area contributed by atoms with Gasteiger partial charge in [0.15, 0.2) is 0 Å². The molecule has 2 unspecified atom stereocenters. The summed E-state index contributed by atoms with van der Waals surface area (Å²) in [6.45, 7) is 3.66. The number of rotatable bonds is 31. The van der Waals surface area contributed by atoms with Crippen LogP contribution in [0.25, 0.3) is 0 Å². The lowest BCUT2D eigenvalue weighted by Gasteiger charge is -2.16. The number of unbranched alkanes of at least 4 members (excludes halogenated alkanes) is 16. The van der Waals surface area contributed by atoms with Gasteiger partial charge >= 0.3 is 5.97 Å². The first-order chi connectivity index (χ1) is 20.6. The predicted molar refractivity (Wildman–Crippen MR) is 178 cm³/mol. The molecule has 0 spiro atoms. The number of allylic oxidation sites excluding steroid dienone is 6. The summed E-state index contributed by atoms with van der Waals surface area (Å²) >= 11 is 0. The molecule has 0 aromatic carbocycles. The molecule has 0 radical (unpaired) electrons. The van der Waals surface area contributed by atoms with Crippen molar-refractivity contribution in [2.45, 2.75) is 168 Å². The van der Waals surface area contributed by atoms with Crippen molar-refractivity contribution >= 4 is 11.8 Å². The minimum atomic E-state index is -1.10. The van der Waals surface area contributed by atoms with Crippen LogP contribution in [0.3, 0.4) is 0 Å². The van der Waals surface area contributed by atoms with Crippen molar-refractivity contribution in [3.05, 3.63) is 36.5 Å². The Labute approximate surface area is 259 Å². The van der Waals surface area contributed by atoms with Crippen molar-refractivity contribution < 1.29 is 24.5 Å². The number of aliphatic hydroxyl groups is 2. The van der Waals surface area contributed by atoms with Gasteiger partial charge in [-0.05, 0) is 44.9 Å². The lowest BCUT2D eigenvalue weighted by atomic mass is 9.93. The summed E-state index contributed by atoms with van der Waals surface area (Å²) in [6, 6.07) is 0. The van der Waals surface area contributed by atoms with Crippen molar-refractivity contribution in [1.29, 1.82) is 0 Å². The summed E-state index contributed by atoms with van der Waals surface area (Å²) < 4.78 is 5.18. The fourth-order valence-corrected chi connectivity index (χ4v) is 5.02. The number of hydrogen-bond acceptors (Lipinski definition) is 5. The normalized spacial score (nSPS) is 13.4. The largest absolute Gasteiger partial charge is 0.462 e. The van der Waals surface area contributed by atoms with Crippen LogP contribution in [-0.4, -0.2) is 41.3 Å². The van der Waals surface area contributed by atoms with Crippen LogP contribution in [0.1, 0.15) is 162 Å². The average molecular weight is 591 g/mol. The Morgan fingerprint density at radius 1 is 0.643 bits per heavy atom. The van der Waals surface area contributed by atoms with Gasteiger partial charge in [0.25, 0.3) is 0 Å². The summed E-state index contributed by atoms with van der Waals surface area (Å²) in [5, 5.41) is 18.6. The molecule has 244 valence electrons. The first-order valence-electron chi connectivity index (χ1n) is 17.5. The first kappa shape index (κ1) is 40.3. The van der Waals surface area contributed by atoms with E-state index >= 15 is 0 Å². The Morgan fingerprint density at radius 3 is 1.71 bits per heavy atom. The van der Waals surface area contributed by atoms with Crippen LogP contribution in [0.4, 0.5) is 0 Å². The highest BCUT2D eigenvalue weighted by molar-refractivity contribution is 5.98. The smallest absolute Gasteiger partial charge is 0.316 e. The third-order valence-corrected chi connectivity index (χ3v) is 7.72. The van der Waals surface area contributed by atoms with E-state index in [1.165, 1.54) is 64.2 Å². The zero-order valence-corrected chi connectivity index (χ0v) is 27.4. The van der Waals surface area contributed by atoms with E-state index in [2.05, 4.69) is 50.3 Å². The number of hydrogen-bond donors (Lipinski definition) is 2. The van der Waals surface area contributed by atoms with Crippen LogP contribution in [0, 0.1) is 5.92 Å². The van der Waals surface area contributed by atoms with Gasteiger partial charge in [0.05, 0.1) is 6.61 Å². The fourth-order valence-electron chi connectivity index (χ4n) is 5.02. The lowest BCUT2D eigenvalue weighted by Crippen LogP contribution is -2.30. The van der Waals surface area contributed by atoms with E-state index in [1.54, 1.807) is 0 Å². The van der Waals surface area contributed by atoms with E-state index in [0.29, 0.717) is 12.8 Å². The molecule has 2 N–H and O–H groups in total. The number of aliphatic hydroxyl groups excluding tert-OH is 2. The molecular weight excluding hydrogens is 524 g/mol. The Balaban J connectivity index is 4.16. The van der Waals surface area contributed by atoms with Gasteiger partial charge < -0.3 is 14.9 Å². The molecule has 2 atom stereocenters. The number of ketones is 1. The Hall–Kier alpha value is -1.72. The van der Waals surface area contributed by atoms with Gasteiger partial charge in [-0.2, -0.15) is 0 Å². The molecule has 0 fully saturated rings. The first-order valence-corrected chi connectivity index (χ1v) is 17.5. The molecule has 0 bridgehead atoms. The fraction of sp³-hybridized carbons (Fsp3) is 0.784. The van der Waals surface area contributed by atoms with E-state index in [0.717, 1.165) is 70.6 Å². The van der Waals surface area contributed by atoms with E-state index < -0.39 is 24.6 Å². The molecule has 5 heteroatoms. The summed E-state index contributed by atoms with van der Waals surface area (Å²) in [5.41, 5.74) is 0. The average Bonchev–Trinajstić information content (AvgIpc) is 2.99. The van der Waals surface area contributed by atoms with Crippen molar-refractivity contribution in [3.63, 3.8) is 0 Å². The van der Waals surface area contributed by atoms with E-state index in [4.69, 9.17) is 9.84 Å². The van der Waals surface area contributed by atoms with Crippen LogP contribution in [0.5, 0.6) is 0 Å². The van der Waals surface area contributed by atoms with E-state index in [1.807, 2.05) is 0 Å². The Bertz CT molecular complexity index is 696. The topological polar surface area (TPSA) is 83.8 Å². The molecule has 0 aliphatic carbocycles. The zero-order valence-electron chi connectivity index (χ0n) is 27.4. The number of Topliss-reactive ketones (excluding diaryl/α,β-unsaturated/α-hetero) is 1. The molecular formula is C37H66O5. The molecule has 0 saturated carbocycles. The van der Waals surface area contributed by atoms with Crippen LogP contribution in [0.15, 0.2) is 36.5 Å². The van der Waals surface area contributed by atoms with Gasteiger partial charge in [-0.15, -0.1) is 0 Å². The SMILES string of the molecule is CC/C=C\C/C=C\C/C=C\CCCCCCC(C(=O)CCCCCCCCCCCCCCC)C(=O)OCC(O)CO. The molecule has 0 heterocycles. The standard InChI is InChI=1S/C37H66O5/c1-3-5-7-9-11-13-15-17-19-20-22-24-26-28-30-35(37(41)42-33-34(39)32-38)36(40)31-29-27-25-23-21-18-16-14-12-10-8-6-4-2/h5,7,11,13,17,19,34-35,38-39H,3-4,6,8-10,12,14-16,18,20-33H2,1-2H3/b7-5-,13-11-,19-17-. The maximum Gasteiger partial charge on any atom is 0.316 e. The second-order valence-corrected chi connectivity index (χ2v) is 11.8. The zero-order chi connectivity index (χ0) is 30.9. The van der Waals surface area contributed by atoms with Crippen molar-refractivity contribution in [1.82, 2.24) is 0 Å². The van der Waals surface area contributed by atoms with E-state index in [-0.39, 0.29) is 12.4 Å². The molecule has 0 aromatic rings.